The molecule has 0 saturated heterocycles. The van der Waals surface area contributed by atoms with Crippen LogP contribution in [0, 0.1) is 0 Å². The van der Waals surface area contributed by atoms with Crippen LogP contribution in [0.25, 0.3) is 0 Å². The van der Waals surface area contributed by atoms with Crippen LogP contribution in [-0.2, 0) is 4.57 Å². The zero-order chi connectivity index (χ0) is 15.1. The number of rotatable bonds is 10. The number of unbranched alkanes of at least 4 members (excludes halogenated alkanes) is 2. The van der Waals surface area contributed by atoms with Crippen molar-refractivity contribution in [2.45, 2.75) is 78.3 Å². The molecule has 0 heterocycles. The normalized spacial score (nSPS) is 18.6. The first kappa shape index (κ1) is 19.4. The average Bonchev–Trinajstić information content (AvgIpc) is 2.39. The summed E-state index contributed by atoms with van der Waals surface area (Å²) in [4.78, 5) is 0. The highest BCUT2D eigenvalue weighted by Crippen LogP contribution is 2.58. The number of hydrogen-bond donors (Lipinski definition) is 0. The molecular formula is C14H32ClN2OP. The third-order valence-electron chi connectivity index (χ3n) is 4.00. The van der Waals surface area contributed by atoms with E-state index in [1.54, 1.807) is 0 Å². The third-order valence-corrected chi connectivity index (χ3v) is 7.78. The summed E-state index contributed by atoms with van der Waals surface area (Å²) in [5.41, 5.74) is 0. The van der Waals surface area contributed by atoms with E-state index in [2.05, 4.69) is 27.7 Å². The van der Waals surface area contributed by atoms with E-state index in [0.29, 0.717) is 0 Å². The molecule has 2 atom stereocenters. The second-order valence-corrected chi connectivity index (χ2v) is 9.13. The fraction of sp³-hybridized carbons (Fsp3) is 1.00. The zero-order valence-electron chi connectivity index (χ0n) is 13.5. The Morgan fingerprint density at radius 2 is 1.26 bits per heavy atom. The maximum absolute atomic E-state index is 12.8. The van der Waals surface area contributed by atoms with Crippen molar-refractivity contribution in [3.63, 3.8) is 0 Å². The molecule has 0 aliphatic rings. The molecule has 2 unspecified atom stereocenters. The monoisotopic (exact) mass is 310 g/mol. The molecule has 0 rings (SSSR count). The lowest BCUT2D eigenvalue weighted by Gasteiger charge is -2.37. The molecule has 0 fully saturated rings. The standard InChI is InChI=1S/C14H32ClN2OP/c1-7-9-11-13(3)16(5)19(15,18)17(6)14(4)12-10-8-2/h13-14H,7-12H2,1-6H3. The molecule has 0 aliphatic carbocycles. The molecule has 5 heteroatoms. The summed E-state index contributed by atoms with van der Waals surface area (Å²) >= 11 is 6.39. The SMILES string of the molecule is CCCCC(C)N(C)P(=O)(Cl)N(C)C(C)CCCC. The molecule has 0 aromatic carbocycles. The van der Waals surface area contributed by atoms with Crippen LogP contribution in [0.1, 0.15) is 66.2 Å². The van der Waals surface area contributed by atoms with Gasteiger partial charge in [-0.1, -0.05) is 39.5 Å². The van der Waals surface area contributed by atoms with Crippen molar-refractivity contribution >= 4 is 18.0 Å². The summed E-state index contributed by atoms with van der Waals surface area (Å²) in [6.45, 7) is 5.63. The van der Waals surface area contributed by atoms with Crippen molar-refractivity contribution in [3.05, 3.63) is 0 Å². The van der Waals surface area contributed by atoms with E-state index >= 15 is 0 Å². The van der Waals surface area contributed by atoms with Gasteiger partial charge in [-0.3, -0.25) is 4.57 Å². The van der Waals surface area contributed by atoms with E-state index in [0.717, 1.165) is 38.5 Å². The molecule has 116 valence electrons. The number of nitrogens with zero attached hydrogens (tertiary/aromatic N) is 2. The lowest BCUT2D eigenvalue weighted by Crippen LogP contribution is -2.35. The van der Waals surface area contributed by atoms with Crippen LogP contribution in [0.2, 0.25) is 0 Å². The molecule has 3 nitrogen and oxygen atoms in total. The van der Waals surface area contributed by atoms with E-state index in [-0.39, 0.29) is 12.1 Å². The average molecular weight is 311 g/mol. The van der Waals surface area contributed by atoms with Crippen molar-refractivity contribution in [1.82, 2.24) is 9.34 Å². The van der Waals surface area contributed by atoms with Crippen molar-refractivity contribution in [2.75, 3.05) is 14.1 Å². The van der Waals surface area contributed by atoms with Gasteiger partial charge in [-0.25, -0.2) is 9.34 Å². The number of halogens is 1. The van der Waals surface area contributed by atoms with Crippen LogP contribution in [0.15, 0.2) is 0 Å². The van der Waals surface area contributed by atoms with Gasteiger partial charge in [-0.2, -0.15) is 0 Å². The highest BCUT2D eigenvalue weighted by atomic mass is 35.7. The highest BCUT2D eigenvalue weighted by molar-refractivity contribution is 7.85. The summed E-state index contributed by atoms with van der Waals surface area (Å²) in [6, 6.07) is 0.508. The van der Waals surface area contributed by atoms with Gasteiger partial charge >= 0.3 is 6.80 Å². The minimum Gasteiger partial charge on any atom is -0.271 e. The van der Waals surface area contributed by atoms with Crippen molar-refractivity contribution in [3.8, 4) is 0 Å². The Balaban J connectivity index is 4.60. The summed E-state index contributed by atoms with van der Waals surface area (Å²) in [7, 11) is 3.77. The van der Waals surface area contributed by atoms with E-state index in [9.17, 15) is 4.57 Å². The lowest BCUT2D eigenvalue weighted by molar-refractivity contribution is 0.302. The topological polar surface area (TPSA) is 23.6 Å². The van der Waals surface area contributed by atoms with Crippen molar-refractivity contribution < 1.29 is 4.57 Å². The van der Waals surface area contributed by atoms with Crippen LogP contribution in [0.4, 0.5) is 0 Å². The van der Waals surface area contributed by atoms with Gasteiger partial charge in [0.2, 0.25) is 0 Å². The summed E-state index contributed by atoms with van der Waals surface area (Å²) in [5.74, 6) is 0. The molecule has 0 N–H and O–H groups in total. The summed E-state index contributed by atoms with van der Waals surface area (Å²) in [6.07, 6.45) is 6.71. The highest BCUT2D eigenvalue weighted by Gasteiger charge is 2.35. The van der Waals surface area contributed by atoms with Crippen LogP contribution >= 0.6 is 18.0 Å². The molecule has 0 amide bonds. The zero-order valence-corrected chi connectivity index (χ0v) is 15.2. The van der Waals surface area contributed by atoms with Crippen LogP contribution in [0.3, 0.4) is 0 Å². The molecule has 0 aliphatic heterocycles. The summed E-state index contributed by atoms with van der Waals surface area (Å²) < 4.78 is 16.6. The van der Waals surface area contributed by atoms with Gasteiger partial charge in [-0.15, -0.1) is 0 Å². The second kappa shape index (κ2) is 9.39. The Labute approximate surface area is 125 Å². The van der Waals surface area contributed by atoms with Crippen LogP contribution in [0.5, 0.6) is 0 Å². The Bertz CT molecular complexity index is 265. The molecule has 0 aromatic heterocycles. The molecular weight excluding hydrogens is 279 g/mol. The Hall–Kier alpha value is 0.440. The van der Waals surface area contributed by atoms with E-state index in [1.165, 1.54) is 0 Å². The van der Waals surface area contributed by atoms with E-state index < -0.39 is 6.80 Å². The van der Waals surface area contributed by atoms with Gasteiger partial charge in [0.15, 0.2) is 0 Å². The quantitative estimate of drug-likeness (QED) is 0.508. The molecule has 0 spiro atoms. The Morgan fingerprint density at radius 3 is 1.53 bits per heavy atom. The third kappa shape index (κ3) is 6.16. The van der Waals surface area contributed by atoms with Gasteiger partial charge in [0, 0.05) is 12.1 Å². The van der Waals surface area contributed by atoms with Crippen LogP contribution < -0.4 is 0 Å². The lowest BCUT2D eigenvalue weighted by atomic mass is 10.1. The van der Waals surface area contributed by atoms with Gasteiger partial charge in [-0.05, 0) is 52.0 Å². The van der Waals surface area contributed by atoms with Gasteiger partial charge < -0.3 is 0 Å². The van der Waals surface area contributed by atoms with Crippen molar-refractivity contribution in [1.29, 1.82) is 0 Å². The van der Waals surface area contributed by atoms with Crippen LogP contribution in [-0.4, -0.2) is 35.5 Å². The largest absolute Gasteiger partial charge is 0.304 e. The molecule has 19 heavy (non-hydrogen) atoms. The molecule has 0 aromatic rings. The smallest absolute Gasteiger partial charge is 0.271 e. The first-order valence-electron chi connectivity index (χ1n) is 7.55. The fourth-order valence-corrected chi connectivity index (χ4v) is 4.62. The fourth-order valence-electron chi connectivity index (χ4n) is 2.08. The maximum Gasteiger partial charge on any atom is 0.304 e. The molecule has 0 bridgehead atoms. The van der Waals surface area contributed by atoms with Gasteiger partial charge in [0.05, 0.1) is 0 Å². The van der Waals surface area contributed by atoms with Gasteiger partial charge in [0.1, 0.15) is 0 Å². The summed E-state index contributed by atoms with van der Waals surface area (Å²) in [5, 5.41) is 0. The number of hydrogen-bond acceptors (Lipinski definition) is 1. The predicted molar refractivity (Wildman–Crippen MR) is 87.0 cm³/mol. The predicted octanol–water partition coefficient (Wildman–Crippen LogP) is 5.35. The minimum absolute atomic E-state index is 0.254. The Morgan fingerprint density at radius 1 is 0.947 bits per heavy atom. The van der Waals surface area contributed by atoms with Gasteiger partial charge in [0.25, 0.3) is 0 Å². The molecule has 0 radical (unpaired) electrons. The first-order valence-corrected chi connectivity index (χ1v) is 10.1. The first-order chi connectivity index (χ1) is 8.78. The second-order valence-electron chi connectivity index (χ2n) is 5.60. The van der Waals surface area contributed by atoms with E-state index in [4.69, 9.17) is 11.2 Å². The Kier molecular flexibility index (Phi) is 9.61. The van der Waals surface area contributed by atoms with E-state index in [1.807, 2.05) is 23.4 Å². The minimum atomic E-state index is -2.93. The van der Waals surface area contributed by atoms with Crippen molar-refractivity contribution in [2.24, 2.45) is 0 Å². The molecule has 0 saturated carbocycles. The maximum atomic E-state index is 12.8.